The van der Waals surface area contributed by atoms with E-state index in [-0.39, 0.29) is 33.5 Å². The van der Waals surface area contributed by atoms with Gasteiger partial charge in [0, 0.05) is 24.9 Å². The highest BCUT2D eigenvalue weighted by molar-refractivity contribution is 7.90. The van der Waals surface area contributed by atoms with Gasteiger partial charge in [0.15, 0.2) is 9.84 Å². The maximum atomic E-state index is 12.6. The first-order chi connectivity index (χ1) is 16.0. The minimum atomic E-state index is -3.38. The third-order valence-electron chi connectivity index (χ3n) is 4.09. The van der Waals surface area contributed by atoms with Crippen molar-refractivity contribution in [3.8, 4) is 17.2 Å². The van der Waals surface area contributed by atoms with Crippen molar-refractivity contribution in [2.75, 3.05) is 19.9 Å². The van der Waals surface area contributed by atoms with Gasteiger partial charge in [0.1, 0.15) is 29.2 Å². The predicted octanol–water partition coefficient (Wildman–Crippen LogP) is 3.33. The lowest BCUT2D eigenvalue weighted by atomic mass is 10.1. The molecule has 2 aromatic rings. The topological polar surface area (TPSA) is 127 Å². The summed E-state index contributed by atoms with van der Waals surface area (Å²) in [5.41, 5.74) is 0.0739. The third kappa shape index (κ3) is 8.79. The van der Waals surface area contributed by atoms with Crippen LogP contribution in [-0.4, -0.2) is 52.8 Å². The molecule has 0 saturated carbocycles. The third-order valence-corrected chi connectivity index (χ3v) is 5.22. The molecular weight excluding hydrogens is 472 g/mol. The van der Waals surface area contributed by atoms with Gasteiger partial charge in [0.05, 0.1) is 11.5 Å². The second-order valence-corrected chi connectivity index (χ2v) is 9.07. The van der Waals surface area contributed by atoms with E-state index in [1.807, 2.05) is 0 Å². The maximum absolute atomic E-state index is 12.6. The number of nitrogens with one attached hydrogen (secondary N) is 3. The van der Waals surface area contributed by atoms with Gasteiger partial charge in [-0.1, -0.05) is 0 Å². The fraction of sp³-hybridized carbons (Fsp3) is 0.273. The number of hydrogen-bond donors (Lipinski definition) is 3. The number of halogens is 2. The largest absolute Gasteiger partial charge is 0.488 e. The normalized spacial score (nSPS) is 12.4. The van der Waals surface area contributed by atoms with Crippen LogP contribution in [-0.2, 0) is 14.6 Å². The average Bonchev–Trinajstić information content (AvgIpc) is 2.75. The molecule has 0 unspecified atom stereocenters. The monoisotopic (exact) mass is 497 g/mol. The van der Waals surface area contributed by atoms with Gasteiger partial charge < -0.3 is 24.8 Å². The molecule has 1 atom stereocenters. The van der Waals surface area contributed by atoms with Crippen LogP contribution in [0.3, 0.4) is 0 Å². The van der Waals surface area contributed by atoms with Crippen molar-refractivity contribution in [1.82, 2.24) is 10.6 Å². The number of rotatable bonds is 11. The number of amidine groups is 1. The number of benzene rings is 2. The summed E-state index contributed by atoms with van der Waals surface area (Å²) in [5.74, 6) is -0.227. The molecular formula is C22H25F2N3O6S. The highest BCUT2D eigenvalue weighted by Crippen LogP contribution is 2.29. The SMILES string of the molecule is CN/C=C\C(=N)NC(=O)c1cc(Oc2ccc(S(C)(=O)=O)cc2)cc(O[C@@H](C)COC(F)F)c1. The maximum Gasteiger partial charge on any atom is 0.345 e. The Labute approximate surface area is 196 Å². The van der Waals surface area contributed by atoms with Crippen LogP contribution in [0.25, 0.3) is 0 Å². The van der Waals surface area contributed by atoms with Crippen LogP contribution >= 0.6 is 0 Å². The fourth-order valence-electron chi connectivity index (χ4n) is 2.60. The molecule has 34 heavy (non-hydrogen) atoms. The molecule has 0 heterocycles. The van der Waals surface area contributed by atoms with Gasteiger partial charge in [0.25, 0.3) is 5.91 Å². The van der Waals surface area contributed by atoms with E-state index in [9.17, 15) is 22.0 Å². The molecule has 0 bridgehead atoms. The van der Waals surface area contributed by atoms with Crippen LogP contribution in [0.2, 0.25) is 0 Å². The lowest BCUT2D eigenvalue weighted by Gasteiger charge is -2.17. The Morgan fingerprint density at radius 1 is 1.12 bits per heavy atom. The lowest BCUT2D eigenvalue weighted by molar-refractivity contribution is -0.142. The number of ether oxygens (including phenoxy) is 3. The number of hydrogen-bond acceptors (Lipinski definition) is 8. The van der Waals surface area contributed by atoms with E-state index >= 15 is 0 Å². The Kier molecular flexibility index (Phi) is 9.51. The molecule has 2 aromatic carbocycles. The van der Waals surface area contributed by atoms with Crippen LogP contribution in [0, 0.1) is 5.41 Å². The Hall–Kier alpha value is -3.51. The minimum Gasteiger partial charge on any atom is -0.488 e. The molecule has 9 nitrogen and oxygen atoms in total. The Bertz CT molecular complexity index is 1140. The van der Waals surface area contributed by atoms with E-state index in [0.717, 1.165) is 6.26 Å². The first-order valence-electron chi connectivity index (χ1n) is 9.91. The Balaban J connectivity index is 2.30. The highest BCUT2D eigenvalue weighted by atomic mass is 32.2. The van der Waals surface area contributed by atoms with E-state index in [2.05, 4.69) is 15.4 Å². The number of amides is 1. The van der Waals surface area contributed by atoms with Crippen LogP contribution in [0.1, 0.15) is 17.3 Å². The summed E-state index contributed by atoms with van der Waals surface area (Å²) >= 11 is 0. The van der Waals surface area contributed by atoms with Gasteiger partial charge in [-0.25, -0.2) is 8.42 Å². The molecule has 0 aliphatic carbocycles. The van der Waals surface area contributed by atoms with E-state index in [4.69, 9.17) is 14.9 Å². The van der Waals surface area contributed by atoms with E-state index in [0.29, 0.717) is 0 Å². The molecule has 0 aliphatic rings. The van der Waals surface area contributed by atoms with Crippen LogP contribution in [0.15, 0.2) is 59.6 Å². The summed E-state index contributed by atoms with van der Waals surface area (Å²) in [5, 5.41) is 12.9. The van der Waals surface area contributed by atoms with Crippen LogP contribution < -0.4 is 20.1 Å². The molecule has 184 valence electrons. The van der Waals surface area contributed by atoms with Crippen LogP contribution in [0.5, 0.6) is 17.2 Å². The molecule has 0 fully saturated rings. The van der Waals surface area contributed by atoms with Crippen molar-refractivity contribution < 1.29 is 36.2 Å². The summed E-state index contributed by atoms with van der Waals surface area (Å²) < 4.78 is 63.5. The zero-order chi connectivity index (χ0) is 25.3. The Morgan fingerprint density at radius 3 is 2.35 bits per heavy atom. The zero-order valence-electron chi connectivity index (χ0n) is 18.7. The minimum absolute atomic E-state index is 0.0739. The molecule has 0 saturated heterocycles. The summed E-state index contributed by atoms with van der Waals surface area (Å²) in [6, 6.07) is 9.83. The molecule has 0 radical (unpaired) electrons. The summed E-state index contributed by atoms with van der Waals surface area (Å²) in [6.07, 6.45) is 3.10. The first-order valence-corrected chi connectivity index (χ1v) is 11.8. The predicted molar refractivity (Wildman–Crippen MR) is 122 cm³/mol. The fourth-order valence-corrected chi connectivity index (χ4v) is 3.23. The van der Waals surface area contributed by atoms with Gasteiger partial charge in [0.2, 0.25) is 0 Å². The molecule has 1 amide bonds. The smallest absolute Gasteiger partial charge is 0.345 e. The molecule has 0 aromatic heterocycles. The van der Waals surface area contributed by atoms with Crippen molar-refractivity contribution in [3.05, 3.63) is 60.3 Å². The van der Waals surface area contributed by atoms with Crippen molar-refractivity contribution in [3.63, 3.8) is 0 Å². The average molecular weight is 498 g/mol. The first kappa shape index (κ1) is 26.7. The van der Waals surface area contributed by atoms with Crippen molar-refractivity contribution >= 4 is 21.6 Å². The van der Waals surface area contributed by atoms with Crippen molar-refractivity contribution in [1.29, 1.82) is 5.41 Å². The number of carbonyl (C=O) groups excluding carboxylic acids is 1. The summed E-state index contributed by atoms with van der Waals surface area (Å²) in [6.45, 7) is -1.83. The summed E-state index contributed by atoms with van der Waals surface area (Å²) in [4.78, 5) is 12.7. The van der Waals surface area contributed by atoms with Crippen molar-refractivity contribution in [2.24, 2.45) is 0 Å². The lowest BCUT2D eigenvalue weighted by Crippen LogP contribution is -2.28. The molecule has 2 rings (SSSR count). The van der Waals surface area contributed by atoms with Gasteiger partial charge in [-0.05, 0) is 55.6 Å². The molecule has 0 aliphatic heterocycles. The van der Waals surface area contributed by atoms with Gasteiger partial charge in [-0.15, -0.1) is 0 Å². The van der Waals surface area contributed by atoms with Crippen molar-refractivity contribution in [2.45, 2.75) is 24.5 Å². The molecule has 3 N–H and O–H groups in total. The quantitative estimate of drug-likeness (QED) is 0.321. The second kappa shape index (κ2) is 12.1. The van der Waals surface area contributed by atoms with E-state index in [1.54, 1.807) is 7.05 Å². The number of sulfone groups is 1. The van der Waals surface area contributed by atoms with E-state index in [1.165, 1.54) is 61.7 Å². The molecule has 12 heteroatoms. The standard InChI is InChI=1S/C22H25F2N3O6S/c1-14(13-31-22(23)24)32-17-10-15(21(28)27-20(25)8-9-26-2)11-18(12-17)33-16-4-6-19(7-5-16)34(3,29)30/h4-12,14,22,26H,13H2,1-3H3,(H2,25,27,28)/b9-8-/t14-/m0/s1. The van der Waals surface area contributed by atoms with E-state index < -0.39 is 35.1 Å². The van der Waals surface area contributed by atoms with Gasteiger partial charge in [-0.3, -0.25) is 10.2 Å². The second-order valence-electron chi connectivity index (χ2n) is 7.05. The highest BCUT2D eigenvalue weighted by Gasteiger charge is 2.15. The Morgan fingerprint density at radius 2 is 1.76 bits per heavy atom. The van der Waals surface area contributed by atoms with Gasteiger partial charge >= 0.3 is 6.61 Å². The van der Waals surface area contributed by atoms with Crippen LogP contribution in [0.4, 0.5) is 8.78 Å². The number of carbonyl (C=O) groups is 1. The summed E-state index contributed by atoms with van der Waals surface area (Å²) in [7, 11) is -1.75. The number of alkyl halides is 2. The molecule has 0 spiro atoms. The van der Waals surface area contributed by atoms with Gasteiger partial charge in [-0.2, -0.15) is 8.78 Å². The zero-order valence-corrected chi connectivity index (χ0v) is 19.5.